The van der Waals surface area contributed by atoms with Gasteiger partial charge in [0.15, 0.2) is 0 Å². The number of sulfone groups is 1. The Morgan fingerprint density at radius 1 is 1.35 bits per heavy atom. The molecule has 0 saturated heterocycles. The van der Waals surface area contributed by atoms with Gasteiger partial charge in [0.05, 0.1) is 12.9 Å². The highest BCUT2D eigenvalue weighted by molar-refractivity contribution is 7.90. The number of nitrogens with one attached hydrogen (secondary N) is 1. The first kappa shape index (κ1) is 19.3. The SMILES string of the molecule is COc1cccc(C[C@@H](C)NC(=O)N(C)[C@H](C)CS(C)(=O)=O)c1. The number of carbonyl (C=O) groups excluding carboxylic acids is 1. The standard InChI is InChI=1S/C16H26N2O4S/c1-12(9-14-7-6-8-15(10-14)22-4)17-16(19)18(3)13(2)11-23(5,20)21/h6-8,10,12-13H,9,11H2,1-5H3,(H,17,19)/t12-,13-/m1/s1. The van der Waals surface area contributed by atoms with Crippen molar-refractivity contribution in [1.82, 2.24) is 10.2 Å². The van der Waals surface area contributed by atoms with Gasteiger partial charge in [-0.1, -0.05) is 12.1 Å². The number of ether oxygens (including phenoxy) is 1. The predicted octanol–water partition coefficient (Wildman–Crippen LogP) is 1.70. The molecule has 0 bridgehead atoms. The zero-order valence-corrected chi connectivity index (χ0v) is 15.2. The lowest BCUT2D eigenvalue weighted by molar-refractivity contribution is 0.194. The van der Waals surface area contributed by atoms with Crippen molar-refractivity contribution in [2.24, 2.45) is 0 Å². The monoisotopic (exact) mass is 342 g/mol. The summed E-state index contributed by atoms with van der Waals surface area (Å²) in [6.07, 6.45) is 1.83. The van der Waals surface area contributed by atoms with Gasteiger partial charge < -0.3 is 15.0 Å². The third-order valence-corrected chi connectivity index (χ3v) is 4.66. The maximum Gasteiger partial charge on any atom is 0.317 e. The lowest BCUT2D eigenvalue weighted by Crippen LogP contribution is -2.48. The summed E-state index contributed by atoms with van der Waals surface area (Å²) in [5.41, 5.74) is 1.06. The zero-order valence-electron chi connectivity index (χ0n) is 14.4. The molecule has 0 unspecified atom stereocenters. The van der Waals surface area contributed by atoms with E-state index in [2.05, 4.69) is 5.32 Å². The molecule has 7 heteroatoms. The Morgan fingerprint density at radius 2 is 2.00 bits per heavy atom. The Labute approximate surface area is 138 Å². The van der Waals surface area contributed by atoms with Gasteiger partial charge in [0.1, 0.15) is 15.6 Å². The number of benzene rings is 1. The number of hydrogen-bond acceptors (Lipinski definition) is 4. The lowest BCUT2D eigenvalue weighted by Gasteiger charge is -2.26. The minimum Gasteiger partial charge on any atom is -0.497 e. The lowest BCUT2D eigenvalue weighted by atomic mass is 10.1. The van der Waals surface area contributed by atoms with Crippen LogP contribution in [-0.4, -0.2) is 57.6 Å². The van der Waals surface area contributed by atoms with E-state index in [1.807, 2.05) is 31.2 Å². The van der Waals surface area contributed by atoms with Gasteiger partial charge in [-0.2, -0.15) is 0 Å². The van der Waals surface area contributed by atoms with Crippen LogP contribution in [0.5, 0.6) is 5.75 Å². The van der Waals surface area contributed by atoms with Crippen LogP contribution < -0.4 is 10.1 Å². The van der Waals surface area contributed by atoms with E-state index in [9.17, 15) is 13.2 Å². The van der Waals surface area contributed by atoms with E-state index < -0.39 is 9.84 Å². The molecule has 0 aliphatic heterocycles. The van der Waals surface area contributed by atoms with Crippen LogP contribution in [-0.2, 0) is 16.3 Å². The smallest absolute Gasteiger partial charge is 0.317 e. The Morgan fingerprint density at radius 3 is 2.57 bits per heavy atom. The zero-order chi connectivity index (χ0) is 17.6. The van der Waals surface area contributed by atoms with Crippen LogP contribution in [0.3, 0.4) is 0 Å². The summed E-state index contributed by atoms with van der Waals surface area (Å²) in [5, 5.41) is 2.88. The van der Waals surface area contributed by atoms with Crippen molar-refractivity contribution in [3.63, 3.8) is 0 Å². The topological polar surface area (TPSA) is 75.7 Å². The van der Waals surface area contributed by atoms with Crippen molar-refractivity contribution in [2.75, 3.05) is 26.2 Å². The van der Waals surface area contributed by atoms with E-state index in [-0.39, 0.29) is 23.9 Å². The highest BCUT2D eigenvalue weighted by atomic mass is 32.2. The molecule has 6 nitrogen and oxygen atoms in total. The molecular weight excluding hydrogens is 316 g/mol. The predicted molar refractivity (Wildman–Crippen MR) is 91.6 cm³/mol. The average Bonchev–Trinajstić information content (AvgIpc) is 2.44. The molecule has 0 aliphatic carbocycles. The molecule has 1 N–H and O–H groups in total. The first-order valence-electron chi connectivity index (χ1n) is 7.46. The summed E-state index contributed by atoms with van der Waals surface area (Å²) in [5.74, 6) is 0.723. The van der Waals surface area contributed by atoms with E-state index in [0.29, 0.717) is 6.42 Å². The number of methoxy groups -OCH3 is 1. The fourth-order valence-corrected chi connectivity index (χ4v) is 3.37. The van der Waals surface area contributed by atoms with Crippen molar-refractivity contribution in [3.8, 4) is 5.75 Å². The molecule has 2 atom stereocenters. The van der Waals surface area contributed by atoms with Crippen LogP contribution in [0.1, 0.15) is 19.4 Å². The van der Waals surface area contributed by atoms with Gasteiger partial charge in [0.25, 0.3) is 0 Å². The molecular formula is C16H26N2O4S. The second-order valence-corrected chi connectivity index (χ2v) is 8.14. The molecule has 0 saturated carbocycles. The molecule has 130 valence electrons. The second-order valence-electron chi connectivity index (χ2n) is 5.96. The number of urea groups is 1. The summed E-state index contributed by atoms with van der Waals surface area (Å²) >= 11 is 0. The Kier molecular flexibility index (Phi) is 6.87. The van der Waals surface area contributed by atoms with Gasteiger partial charge >= 0.3 is 6.03 Å². The fourth-order valence-electron chi connectivity index (χ4n) is 2.27. The molecule has 1 rings (SSSR count). The minimum atomic E-state index is -3.12. The Balaban J connectivity index is 2.58. The quantitative estimate of drug-likeness (QED) is 0.818. The van der Waals surface area contributed by atoms with Gasteiger partial charge in [0, 0.05) is 25.4 Å². The number of nitrogens with zero attached hydrogens (tertiary/aromatic N) is 1. The second kappa shape index (κ2) is 8.19. The van der Waals surface area contributed by atoms with E-state index in [4.69, 9.17) is 4.74 Å². The van der Waals surface area contributed by atoms with Gasteiger partial charge in [-0.3, -0.25) is 0 Å². The van der Waals surface area contributed by atoms with Crippen LogP contribution in [0.4, 0.5) is 4.79 Å². The maximum absolute atomic E-state index is 12.2. The Bertz CT molecular complexity index is 631. The number of carbonyl (C=O) groups is 1. The van der Waals surface area contributed by atoms with E-state index >= 15 is 0 Å². The van der Waals surface area contributed by atoms with E-state index in [0.717, 1.165) is 11.3 Å². The van der Waals surface area contributed by atoms with Crippen molar-refractivity contribution < 1.29 is 17.9 Å². The largest absolute Gasteiger partial charge is 0.497 e. The van der Waals surface area contributed by atoms with Gasteiger partial charge in [-0.05, 0) is 38.0 Å². The summed E-state index contributed by atoms with van der Waals surface area (Å²) in [7, 11) is 0.0920. The molecule has 23 heavy (non-hydrogen) atoms. The Hall–Kier alpha value is -1.76. The van der Waals surface area contributed by atoms with Crippen LogP contribution in [0.15, 0.2) is 24.3 Å². The molecule has 0 aliphatic rings. The van der Waals surface area contributed by atoms with Crippen LogP contribution >= 0.6 is 0 Å². The van der Waals surface area contributed by atoms with E-state index in [1.165, 1.54) is 11.2 Å². The third-order valence-electron chi connectivity index (χ3n) is 3.57. The van der Waals surface area contributed by atoms with Crippen molar-refractivity contribution in [2.45, 2.75) is 32.4 Å². The van der Waals surface area contributed by atoms with Crippen molar-refractivity contribution in [1.29, 1.82) is 0 Å². The molecule has 0 radical (unpaired) electrons. The summed E-state index contributed by atoms with van der Waals surface area (Å²) < 4.78 is 27.8. The highest BCUT2D eigenvalue weighted by Gasteiger charge is 2.20. The van der Waals surface area contributed by atoms with Gasteiger partial charge in [-0.15, -0.1) is 0 Å². The van der Waals surface area contributed by atoms with E-state index in [1.54, 1.807) is 21.1 Å². The van der Waals surface area contributed by atoms with Crippen molar-refractivity contribution >= 4 is 15.9 Å². The van der Waals surface area contributed by atoms with Crippen molar-refractivity contribution in [3.05, 3.63) is 29.8 Å². The number of hydrogen-bond donors (Lipinski definition) is 1. The number of rotatable bonds is 7. The van der Waals surface area contributed by atoms with Gasteiger partial charge in [0.2, 0.25) is 0 Å². The van der Waals surface area contributed by atoms with Crippen LogP contribution in [0.2, 0.25) is 0 Å². The normalized spacial score (nSPS) is 14.0. The fraction of sp³-hybridized carbons (Fsp3) is 0.562. The molecule has 2 amide bonds. The molecule has 0 spiro atoms. The van der Waals surface area contributed by atoms with Crippen LogP contribution in [0.25, 0.3) is 0 Å². The maximum atomic E-state index is 12.2. The summed E-state index contributed by atoms with van der Waals surface area (Å²) in [6, 6.07) is 6.93. The first-order chi connectivity index (χ1) is 10.6. The average molecular weight is 342 g/mol. The molecule has 1 aromatic carbocycles. The third kappa shape index (κ3) is 6.90. The first-order valence-corrected chi connectivity index (χ1v) is 9.52. The summed E-state index contributed by atoms with van der Waals surface area (Å²) in [6.45, 7) is 3.62. The highest BCUT2D eigenvalue weighted by Crippen LogP contribution is 2.14. The number of amides is 2. The minimum absolute atomic E-state index is 0.0544. The molecule has 0 aromatic heterocycles. The van der Waals surface area contributed by atoms with Gasteiger partial charge in [-0.25, -0.2) is 13.2 Å². The molecule has 1 aromatic rings. The summed E-state index contributed by atoms with van der Waals surface area (Å²) in [4.78, 5) is 13.6. The van der Waals surface area contributed by atoms with Crippen LogP contribution in [0, 0.1) is 0 Å². The molecule has 0 fully saturated rings. The molecule has 0 heterocycles.